The number of amides is 1. The predicted molar refractivity (Wildman–Crippen MR) is 122 cm³/mol. The van der Waals surface area contributed by atoms with Crippen molar-refractivity contribution in [1.82, 2.24) is 20.5 Å². The van der Waals surface area contributed by atoms with Gasteiger partial charge in [-0.2, -0.15) is 0 Å². The summed E-state index contributed by atoms with van der Waals surface area (Å²) < 4.78 is 0. The molecule has 27 heavy (non-hydrogen) atoms. The lowest BCUT2D eigenvalue weighted by Gasteiger charge is -2.21. The Bertz CT molecular complexity index is 657. The van der Waals surface area contributed by atoms with Crippen LogP contribution in [0.3, 0.4) is 0 Å². The van der Waals surface area contributed by atoms with Gasteiger partial charge in [0, 0.05) is 36.5 Å². The average Bonchev–Trinajstić information content (AvgIpc) is 3.34. The van der Waals surface area contributed by atoms with Gasteiger partial charge in [0.15, 0.2) is 5.96 Å². The van der Waals surface area contributed by atoms with Gasteiger partial charge in [-0.15, -0.1) is 35.3 Å². The molecular weight excluding hydrogens is 473 g/mol. The molecule has 8 heteroatoms. The number of guanidine groups is 1. The average molecular weight is 505 g/mol. The molecule has 0 aromatic carbocycles. The van der Waals surface area contributed by atoms with Crippen LogP contribution in [0.25, 0.3) is 0 Å². The number of aliphatic imine (C=N–C) groups is 1. The summed E-state index contributed by atoms with van der Waals surface area (Å²) in [6.45, 7) is 9.26. The number of halogens is 1. The fraction of sp³-hybridized carbons (Fsp3) is 0.737. The Morgan fingerprint density at radius 1 is 1.30 bits per heavy atom. The van der Waals surface area contributed by atoms with Crippen molar-refractivity contribution in [3.63, 3.8) is 0 Å². The van der Waals surface area contributed by atoms with Gasteiger partial charge in [0.25, 0.3) is 0 Å². The van der Waals surface area contributed by atoms with Crippen molar-refractivity contribution in [2.45, 2.75) is 65.5 Å². The molecule has 6 nitrogen and oxygen atoms in total. The van der Waals surface area contributed by atoms with E-state index < -0.39 is 0 Å². The Balaban J connectivity index is 0.00000261. The van der Waals surface area contributed by atoms with Crippen LogP contribution in [0.4, 0.5) is 0 Å². The van der Waals surface area contributed by atoms with Crippen molar-refractivity contribution in [3.05, 3.63) is 15.6 Å². The lowest BCUT2D eigenvalue weighted by atomic mass is 10.1. The second-order valence-corrected chi connectivity index (χ2v) is 8.62. The van der Waals surface area contributed by atoms with E-state index >= 15 is 0 Å². The molecule has 2 heterocycles. The van der Waals surface area contributed by atoms with Crippen LogP contribution in [-0.2, 0) is 11.3 Å². The topological polar surface area (TPSA) is 69.6 Å². The minimum absolute atomic E-state index is 0. The predicted octanol–water partition coefficient (Wildman–Crippen LogP) is 3.22. The number of carbonyl (C=O) groups excluding carboxylic acids is 1. The van der Waals surface area contributed by atoms with E-state index in [4.69, 9.17) is 4.99 Å². The molecule has 1 amide bonds. The molecule has 1 aromatic heterocycles. The third-order valence-corrected chi connectivity index (χ3v) is 6.33. The fourth-order valence-corrected chi connectivity index (χ4v) is 4.76. The number of nitrogens with one attached hydrogen (secondary N) is 2. The second kappa shape index (κ2) is 10.6. The third kappa shape index (κ3) is 6.04. The summed E-state index contributed by atoms with van der Waals surface area (Å²) in [7, 11) is 0. The molecule has 2 fully saturated rings. The van der Waals surface area contributed by atoms with E-state index in [1.165, 1.54) is 17.7 Å². The Morgan fingerprint density at radius 2 is 2.04 bits per heavy atom. The molecule has 2 N–H and O–H groups in total. The quantitative estimate of drug-likeness (QED) is 0.367. The first kappa shape index (κ1) is 22.4. The van der Waals surface area contributed by atoms with E-state index in [2.05, 4.69) is 22.5 Å². The number of likely N-dealkylation sites (tertiary alicyclic amines) is 1. The van der Waals surface area contributed by atoms with Gasteiger partial charge < -0.3 is 15.5 Å². The molecule has 1 aromatic rings. The van der Waals surface area contributed by atoms with Crippen molar-refractivity contribution in [2.24, 2.45) is 10.9 Å². The van der Waals surface area contributed by atoms with Crippen molar-refractivity contribution < 1.29 is 4.79 Å². The summed E-state index contributed by atoms with van der Waals surface area (Å²) in [5.41, 5.74) is 1.07. The van der Waals surface area contributed by atoms with Crippen LogP contribution >= 0.6 is 35.3 Å². The zero-order valence-corrected chi connectivity index (χ0v) is 19.7. The van der Waals surface area contributed by atoms with Gasteiger partial charge in [0.1, 0.15) is 0 Å². The summed E-state index contributed by atoms with van der Waals surface area (Å²) in [5, 5.41) is 7.93. The lowest BCUT2D eigenvalue weighted by molar-refractivity contribution is -0.134. The molecule has 0 spiro atoms. The normalized spacial score (nSPS) is 20.6. The number of hydrogen-bond donors (Lipinski definition) is 2. The van der Waals surface area contributed by atoms with Crippen molar-refractivity contribution >= 4 is 47.2 Å². The summed E-state index contributed by atoms with van der Waals surface area (Å²) >= 11 is 1.71. The number of rotatable bonds is 5. The number of nitrogens with zero attached hydrogens (tertiary/aromatic N) is 3. The van der Waals surface area contributed by atoms with Crippen LogP contribution in [0.2, 0.25) is 0 Å². The maximum atomic E-state index is 12.6. The van der Waals surface area contributed by atoms with E-state index in [1.54, 1.807) is 11.3 Å². The highest BCUT2D eigenvalue weighted by Crippen LogP contribution is 2.27. The first-order valence-electron chi connectivity index (χ1n) is 9.83. The van der Waals surface area contributed by atoms with E-state index in [-0.39, 0.29) is 35.9 Å². The second-order valence-electron chi connectivity index (χ2n) is 7.33. The Labute approximate surface area is 183 Å². The van der Waals surface area contributed by atoms with Crippen LogP contribution in [0, 0.1) is 19.8 Å². The third-order valence-electron chi connectivity index (χ3n) is 5.27. The molecule has 0 bridgehead atoms. The zero-order chi connectivity index (χ0) is 18.5. The minimum Gasteiger partial charge on any atom is -0.357 e. The number of hydrogen-bond acceptors (Lipinski definition) is 4. The smallest absolute Gasteiger partial charge is 0.225 e. The molecule has 152 valence electrons. The maximum absolute atomic E-state index is 12.6. The molecular formula is C19H32IN5OS. The first-order valence-corrected chi connectivity index (χ1v) is 10.6. The summed E-state index contributed by atoms with van der Waals surface area (Å²) in [5.74, 6) is 1.47. The van der Waals surface area contributed by atoms with Gasteiger partial charge >= 0.3 is 0 Å². The number of thiazole rings is 1. The molecule has 1 saturated carbocycles. The van der Waals surface area contributed by atoms with Gasteiger partial charge in [0.05, 0.1) is 17.2 Å². The summed E-state index contributed by atoms with van der Waals surface area (Å²) in [6.07, 6.45) is 5.55. The van der Waals surface area contributed by atoms with Crippen LogP contribution in [0.15, 0.2) is 4.99 Å². The molecule has 1 aliphatic heterocycles. The number of carbonyl (C=O) groups is 1. The van der Waals surface area contributed by atoms with Crippen molar-refractivity contribution in [2.75, 3.05) is 19.6 Å². The van der Waals surface area contributed by atoms with Gasteiger partial charge in [-0.25, -0.2) is 9.98 Å². The molecule has 1 aliphatic carbocycles. The minimum atomic E-state index is 0. The molecule has 3 rings (SSSR count). The highest BCUT2D eigenvalue weighted by Gasteiger charge is 2.32. The van der Waals surface area contributed by atoms with Gasteiger partial charge in [-0.1, -0.05) is 12.8 Å². The van der Waals surface area contributed by atoms with Crippen molar-refractivity contribution in [1.29, 1.82) is 0 Å². The summed E-state index contributed by atoms with van der Waals surface area (Å²) in [4.78, 5) is 25.1. The maximum Gasteiger partial charge on any atom is 0.225 e. The fourth-order valence-electron chi connectivity index (χ4n) is 3.89. The van der Waals surface area contributed by atoms with E-state index in [9.17, 15) is 4.79 Å². The lowest BCUT2D eigenvalue weighted by Crippen LogP contribution is -2.45. The van der Waals surface area contributed by atoms with E-state index in [1.807, 2.05) is 18.7 Å². The van der Waals surface area contributed by atoms with Crippen LogP contribution in [-0.4, -0.2) is 47.4 Å². The van der Waals surface area contributed by atoms with Crippen LogP contribution in [0.1, 0.15) is 54.6 Å². The van der Waals surface area contributed by atoms with Crippen LogP contribution < -0.4 is 10.6 Å². The number of aryl methyl sites for hydroxylation is 2. The van der Waals surface area contributed by atoms with E-state index in [0.29, 0.717) is 12.5 Å². The monoisotopic (exact) mass is 505 g/mol. The molecule has 1 saturated heterocycles. The zero-order valence-electron chi connectivity index (χ0n) is 16.6. The number of aromatic nitrogens is 1. The Morgan fingerprint density at radius 3 is 2.67 bits per heavy atom. The highest BCUT2D eigenvalue weighted by atomic mass is 127. The largest absolute Gasteiger partial charge is 0.357 e. The molecule has 1 atom stereocenters. The van der Waals surface area contributed by atoms with E-state index in [0.717, 1.165) is 55.6 Å². The Kier molecular flexibility index (Phi) is 8.78. The molecule has 0 radical (unpaired) electrons. The van der Waals surface area contributed by atoms with Gasteiger partial charge in [-0.05, 0) is 40.0 Å². The van der Waals surface area contributed by atoms with Crippen LogP contribution in [0.5, 0.6) is 0 Å². The first-order chi connectivity index (χ1) is 12.6. The Hall–Kier alpha value is -0.900. The van der Waals surface area contributed by atoms with Crippen molar-refractivity contribution in [3.8, 4) is 0 Å². The summed E-state index contributed by atoms with van der Waals surface area (Å²) in [6, 6.07) is 0.280. The van der Waals surface area contributed by atoms with Gasteiger partial charge in [-0.3, -0.25) is 4.79 Å². The molecule has 1 unspecified atom stereocenters. The highest BCUT2D eigenvalue weighted by molar-refractivity contribution is 14.0. The standard InChI is InChI=1S/C19H31N5OS.HI/c1-4-20-19(21-11-17-13(2)22-14(3)26-17)23-16-9-10-24(12-16)18(25)15-7-5-6-8-15;/h15-16H,4-12H2,1-3H3,(H2,20,21,23);1H. The molecule has 2 aliphatic rings. The SMILES string of the molecule is CCNC(=NCc1sc(C)nc1C)NC1CCN(C(=O)C2CCCC2)C1.I. The van der Waals surface area contributed by atoms with Gasteiger partial charge in [0.2, 0.25) is 5.91 Å².